The largest absolute Gasteiger partial charge is 0.372 e. The van der Waals surface area contributed by atoms with Crippen LogP contribution in [0.15, 0.2) is 17.8 Å². The van der Waals surface area contributed by atoms with Gasteiger partial charge in [0, 0.05) is 11.9 Å². The lowest BCUT2D eigenvalue weighted by Gasteiger charge is -2.08. The number of amides is 1. The van der Waals surface area contributed by atoms with Crippen LogP contribution in [-0.4, -0.2) is 22.9 Å². The number of nitrogens with one attached hydrogen (secondary N) is 2. The molecule has 0 aromatic carbocycles. The molecule has 0 bridgehead atoms. The van der Waals surface area contributed by atoms with E-state index in [1.165, 1.54) is 11.3 Å². The summed E-state index contributed by atoms with van der Waals surface area (Å²) in [5.41, 5.74) is 2.79. The van der Waals surface area contributed by atoms with Crippen molar-refractivity contribution in [2.24, 2.45) is 0 Å². The zero-order valence-electron chi connectivity index (χ0n) is 10.5. The highest BCUT2D eigenvalue weighted by molar-refractivity contribution is 7.09. The van der Waals surface area contributed by atoms with Gasteiger partial charge in [-0.3, -0.25) is 4.79 Å². The van der Waals surface area contributed by atoms with Crippen LogP contribution in [-0.2, 0) is 6.54 Å². The molecule has 0 saturated heterocycles. The van der Waals surface area contributed by atoms with E-state index in [9.17, 15) is 9.18 Å². The molecule has 2 aromatic rings. The molecule has 1 amide bonds. The van der Waals surface area contributed by atoms with Crippen LogP contribution in [0.1, 0.15) is 20.9 Å². The minimum Gasteiger partial charge on any atom is -0.372 e. The van der Waals surface area contributed by atoms with Gasteiger partial charge in [-0.2, -0.15) is 0 Å². The lowest BCUT2D eigenvalue weighted by molar-refractivity contribution is 0.0951. The van der Waals surface area contributed by atoms with Crippen molar-refractivity contribution in [1.82, 2.24) is 15.3 Å². The molecule has 19 heavy (non-hydrogen) atoms. The van der Waals surface area contributed by atoms with Gasteiger partial charge in [-0.1, -0.05) is 0 Å². The van der Waals surface area contributed by atoms with Crippen LogP contribution in [0.3, 0.4) is 0 Å². The maximum atomic E-state index is 13.1. The third-order valence-electron chi connectivity index (χ3n) is 2.59. The van der Waals surface area contributed by atoms with Gasteiger partial charge in [0.15, 0.2) is 0 Å². The van der Waals surface area contributed by atoms with E-state index < -0.39 is 5.82 Å². The Morgan fingerprint density at radius 1 is 1.47 bits per heavy atom. The SMILES string of the molecule is CNc1ncc(F)cc1C(=O)NCc1scnc1C. The summed E-state index contributed by atoms with van der Waals surface area (Å²) in [5, 5.41) is 5.49. The van der Waals surface area contributed by atoms with Crippen LogP contribution in [0.25, 0.3) is 0 Å². The molecule has 0 spiro atoms. The van der Waals surface area contributed by atoms with E-state index in [0.717, 1.165) is 22.8 Å². The smallest absolute Gasteiger partial charge is 0.255 e. The summed E-state index contributed by atoms with van der Waals surface area (Å²) < 4.78 is 13.1. The molecule has 2 rings (SSSR count). The molecule has 100 valence electrons. The first-order valence-corrected chi connectivity index (χ1v) is 6.50. The summed E-state index contributed by atoms with van der Waals surface area (Å²) >= 11 is 1.47. The number of hydrogen-bond donors (Lipinski definition) is 2. The molecule has 5 nitrogen and oxygen atoms in total. The second kappa shape index (κ2) is 5.75. The summed E-state index contributed by atoms with van der Waals surface area (Å²) in [4.78, 5) is 20.9. The van der Waals surface area contributed by atoms with Crippen LogP contribution in [0.4, 0.5) is 10.2 Å². The molecule has 2 heterocycles. The fraction of sp³-hybridized carbons (Fsp3) is 0.250. The van der Waals surface area contributed by atoms with Crippen LogP contribution in [0.5, 0.6) is 0 Å². The fourth-order valence-corrected chi connectivity index (χ4v) is 2.28. The second-order valence-corrected chi connectivity index (χ2v) is 4.78. The number of aromatic nitrogens is 2. The first-order valence-electron chi connectivity index (χ1n) is 5.62. The Bertz CT molecular complexity index is 599. The number of thiazole rings is 1. The number of carbonyl (C=O) groups is 1. The number of pyridine rings is 1. The topological polar surface area (TPSA) is 66.9 Å². The van der Waals surface area contributed by atoms with E-state index in [1.54, 1.807) is 12.6 Å². The third-order valence-corrected chi connectivity index (χ3v) is 3.53. The van der Waals surface area contributed by atoms with E-state index >= 15 is 0 Å². The van der Waals surface area contributed by atoms with E-state index in [2.05, 4.69) is 20.6 Å². The quantitative estimate of drug-likeness (QED) is 0.898. The summed E-state index contributed by atoms with van der Waals surface area (Å²) in [6.45, 7) is 2.25. The summed E-state index contributed by atoms with van der Waals surface area (Å²) in [6.07, 6.45) is 1.07. The normalized spacial score (nSPS) is 10.3. The van der Waals surface area contributed by atoms with Crippen molar-refractivity contribution in [1.29, 1.82) is 0 Å². The van der Waals surface area contributed by atoms with Crippen molar-refractivity contribution >= 4 is 23.1 Å². The molecule has 0 atom stereocenters. The first-order chi connectivity index (χ1) is 9.11. The summed E-state index contributed by atoms with van der Waals surface area (Å²) in [5.74, 6) is -0.567. The predicted molar refractivity (Wildman–Crippen MR) is 71.8 cm³/mol. The third kappa shape index (κ3) is 3.05. The molecule has 0 radical (unpaired) electrons. The average molecular weight is 280 g/mol. The monoisotopic (exact) mass is 280 g/mol. The van der Waals surface area contributed by atoms with Crippen molar-refractivity contribution in [2.75, 3.05) is 12.4 Å². The molecule has 0 aliphatic rings. The Kier molecular flexibility index (Phi) is 4.06. The highest BCUT2D eigenvalue weighted by Gasteiger charge is 2.13. The average Bonchev–Trinajstić information content (AvgIpc) is 2.81. The van der Waals surface area contributed by atoms with Crippen molar-refractivity contribution in [3.8, 4) is 0 Å². The molecule has 7 heteroatoms. The fourth-order valence-electron chi connectivity index (χ4n) is 1.56. The maximum Gasteiger partial charge on any atom is 0.255 e. The molecule has 2 N–H and O–H groups in total. The molecule has 0 fully saturated rings. The highest BCUT2D eigenvalue weighted by atomic mass is 32.1. The minimum atomic E-state index is -0.543. The van der Waals surface area contributed by atoms with E-state index in [-0.39, 0.29) is 11.5 Å². The Morgan fingerprint density at radius 3 is 2.89 bits per heavy atom. The molecular weight excluding hydrogens is 267 g/mol. The number of rotatable bonds is 4. The molecular formula is C12H13FN4OS. The van der Waals surface area contributed by atoms with Crippen molar-refractivity contribution in [3.63, 3.8) is 0 Å². The Labute approximate surface area is 113 Å². The van der Waals surface area contributed by atoms with Crippen LogP contribution in [0.2, 0.25) is 0 Å². The first kappa shape index (κ1) is 13.4. The van der Waals surface area contributed by atoms with Gasteiger partial charge in [-0.05, 0) is 13.0 Å². The number of nitrogens with zero attached hydrogens (tertiary/aromatic N) is 2. The van der Waals surface area contributed by atoms with Gasteiger partial charge < -0.3 is 10.6 Å². The standard InChI is InChI=1S/C12H13FN4OS/c1-7-10(19-6-17-7)5-16-12(18)9-3-8(13)4-15-11(9)14-2/h3-4,6H,5H2,1-2H3,(H,14,15)(H,16,18). The highest BCUT2D eigenvalue weighted by Crippen LogP contribution is 2.15. The Morgan fingerprint density at radius 2 is 2.26 bits per heavy atom. The number of halogens is 1. The van der Waals surface area contributed by atoms with Gasteiger partial charge in [0.05, 0.1) is 29.5 Å². The molecule has 0 aliphatic heterocycles. The number of anilines is 1. The second-order valence-electron chi connectivity index (χ2n) is 3.84. The van der Waals surface area contributed by atoms with Crippen LogP contribution < -0.4 is 10.6 Å². The zero-order valence-corrected chi connectivity index (χ0v) is 11.3. The van der Waals surface area contributed by atoms with Crippen molar-refractivity contribution in [2.45, 2.75) is 13.5 Å². The lowest BCUT2D eigenvalue weighted by atomic mass is 10.2. The number of aryl methyl sites for hydroxylation is 1. The van der Waals surface area contributed by atoms with Gasteiger partial charge in [-0.15, -0.1) is 11.3 Å². The predicted octanol–water partition coefficient (Wildman–Crippen LogP) is 1.96. The molecule has 0 unspecified atom stereocenters. The zero-order chi connectivity index (χ0) is 13.8. The lowest BCUT2D eigenvalue weighted by Crippen LogP contribution is -2.24. The van der Waals surface area contributed by atoms with E-state index in [1.807, 2.05) is 6.92 Å². The number of hydrogen-bond acceptors (Lipinski definition) is 5. The summed E-state index contributed by atoms with van der Waals surface area (Å²) in [7, 11) is 1.63. The number of carbonyl (C=O) groups excluding carboxylic acids is 1. The van der Waals surface area contributed by atoms with E-state index in [4.69, 9.17) is 0 Å². The van der Waals surface area contributed by atoms with Crippen LogP contribution >= 0.6 is 11.3 Å². The Hall–Kier alpha value is -2.02. The van der Waals surface area contributed by atoms with Gasteiger partial charge in [0.1, 0.15) is 11.6 Å². The minimum absolute atomic E-state index is 0.185. The maximum absolute atomic E-state index is 13.1. The van der Waals surface area contributed by atoms with E-state index in [0.29, 0.717) is 12.4 Å². The van der Waals surface area contributed by atoms with Crippen LogP contribution in [0, 0.1) is 12.7 Å². The van der Waals surface area contributed by atoms with Crippen molar-refractivity contribution in [3.05, 3.63) is 39.7 Å². The van der Waals surface area contributed by atoms with Gasteiger partial charge in [-0.25, -0.2) is 14.4 Å². The van der Waals surface area contributed by atoms with Gasteiger partial charge >= 0.3 is 0 Å². The van der Waals surface area contributed by atoms with Gasteiger partial charge in [0.2, 0.25) is 0 Å². The summed E-state index contributed by atoms with van der Waals surface area (Å²) in [6, 6.07) is 1.16. The van der Waals surface area contributed by atoms with Gasteiger partial charge in [0.25, 0.3) is 5.91 Å². The molecule has 2 aromatic heterocycles. The van der Waals surface area contributed by atoms with Crippen molar-refractivity contribution < 1.29 is 9.18 Å². The Balaban J connectivity index is 2.12. The molecule has 0 aliphatic carbocycles. The molecule has 0 saturated carbocycles.